The van der Waals surface area contributed by atoms with Gasteiger partial charge in [0, 0.05) is 23.8 Å². The van der Waals surface area contributed by atoms with Crippen LogP contribution in [0.4, 0.5) is 0 Å². The quantitative estimate of drug-likeness (QED) is 0.403. The summed E-state index contributed by atoms with van der Waals surface area (Å²) in [5.74, 6) is 2.13. The summed E-state index contributed by atoms with van der Waals surface area (Å²) < 4.78 is 31.4. The van der Waals surface area contributed by atoms with Crippen molar-refractivity contribution < 1.29 is 12.8 Å². The fraction of sp³-hybridized carbons (Fsp3) is 0.381. The highest BCUT2D eigenvalue weighted by molar-refractivity contribution is 7.98. The van der Waals surface area contributed by atoms with Crippen LogP contribution in [0.1, 0.15) is 35.0 Å². The molecule has 1 saturated heterocycles. The van der Waals surface area contributed by atoms with Crippen molar-refractivity contribution in [1.82, 2.24) is 19.7 Å². The van der Waals surface area contributed by atoms with Crippen LogP contribution >= 0.6 is 11.8 Å². The Bertz CT molecular complexity index is 1180. The molecule has 0 aliphatic carbocycles. The zero-order valence-corrected chi connectivity index (χ0v) is 18.7. The largest absolute Gasteiger partial charge is 0.444 e. The molecule has 1 aliphatic heterocycles. The van der Waals surface area contributed by atoms with E-state index < -0.39 is 9.84 Å². The van der Waals surface area contributed by atoms with E-state index in [9.17, 15) is 8.42 Å². The number of hydrogen-bond donors (Lipinski definition) is 0. The molecule has 0 radical (unpaired) electrons. The zero-order valence-electron chi connectivity index (χ0n) is 17.0. The van der Waals surface area contributed by atoms with Crippen molar-refractivity contribution in [1.29, 1.82) is 0 Å². The predicted octanol–water partition coefficient (Wildman–Crippen LogP) is 3.93. The Labute approximate surface area is 180 Å². The number of allylic oxidation sites excluding steroid dienone is 1. The average Bonchev–Trinajstić information content (AvgIpc) is 3.39. The SMILES string of the molecule is C=CCn1c(SCc2coc(-c3ccc(C)cc3C)n2)nnc1C1CCS(=O)(=O)C1. The molecule has 2 aromatic heterocycles. The molecule has 0 N–H and O–H groups in total. The first-order valence-electron chi connectivity index (χ1n) is 9.75. The maximum atomic E-state index is 11.9. The number of aromatic nitrogens is 4. The van der Waals surface area contributed by atoms with E-state index >= 15 is 0 Å². The molecule has 1 aromatic carbocycles. The highest BCUT2D eigenvalue weighted by Crippen LogP contribution is 2.31. The van der Waals surface area contributed by atoms with Crippen LogP contribution in [0.15, 0.2) is 46.7 Å². The molecular weight excluding hydrogens is 420 g/mol. The summed E-state index contributed by atoms with van der Waals surface area (Å²) in [4.78, 5) is 4.62. The fourth-order valence-electron chi connectivity index (χ4n) is 3.70. The topological polar surface area (TPSA) is 90.9 Å². The summed E-state index contributed by atoms with van der Waals surface area (Å²) in [6.45, 7) is 8.45. The molecule has 0 bridgehead atoms. The van der Waals surface area contributed by atoms with E-state index in [1.165, 1.54) is 17.3 Å². The highest BCUT2D eigenvalue weighted by Gasteiger charge is 2.33. The Kier molecular flexibility index (Phi) is 5.84. The summed E-state index contributed by atoms with van der Waals surface area (Å²) in [6.07, 6.45) is 4.03. The molecule has 3 heterocycles. The first kappa shape index (κ1) is 20.9. The molecule has 7 nitrogen and oxygen atoms in total. The summed E-state index contributed by atoms with van der Waals surface area (Å²) in [5.41, 5.74) is 4.12. The Hall–Kier alpha value is -2.39. The van der Waals surface area contributed by atoms with Crippen LogP contribution in [0, 0.1) is 13.8 Å². The molecule has 4 rings (SSSR count). The number of oxazole rings is 1. The van der Waals surface area contributed by atoms with Crippen LogP contribution in [0.3, 0.4) is 0 Å². The van der Waals surface area contributed by atoms with E-state index in [-0.39, 0.29) is 17.4 Å². The standard InChI is InChI=1S/C21H24N4O3S2/c1-4-8-25-19(16-7-9-30(26,27)13-16)23-24-21(25)29-12-17-11-28-20(22-17)18-6-5-14(2)10-15(18)3/h4-6,10-11,16H,1,7-9,12-13H2,2-3H3. The van der Waals surface area contributed by atoms with Crippen molar-refractivity contribution in [3.63, 3.8) is 0 Å². The van der Waals surface area contributed by atoms with Gasteiger partial charge in [0.15, 0.2) is 15.0 Å². The van der Waals surface area contributed by atoms with Gasteiger partial charge in [-0.1, -0.05) is 35.5 Å². The second-order valence-corrected chi connectivity index (χ2v) is 10.8. The molecule has 0 spiro atoms. The molecule has 1 fully saturated rings. The van der Waals surface area contributed by atoms with Gasteiger partial charge in [-0.05, 0) is 31.9 Å². The van der Waals surface area contributed by atoms with Crippen LogP contribution in [-0.4, -0.2) is 39.7 Å². The minimum absolute atomic E-state index is 0.111. The van der Waals surface area contributed by atoms with Crippen molar-refractivity contribution >= 4 is 21.6 Å². The molecule has 1 atom stereocenters. The van der Waals surface area contributed by atoms with E-state index in [0.29, 0.717) is 24.6 Å². The first-order valence-corrected chi connectivity index (χ1v) is 12.6. The lowest BCUT2D eigenvalue weighted by atomic mass is 10.1. The summed E-state index contributed by atoms with van der Waals surface area (Å²) in [6, 6.07) is 6.18. The van der Waals surface area contributed by atoms with E-state index in [1.807, 2.05) is 23.6 Å². The molecule has 0 amide bonds. The van der Waals surface area contributed by atoms with Crippen LogP contribution in [0.25, 0.3) is 11.5 Å². The minimum Gasteiger partial charge on any atom is -0.444 e. The number of aryl methyl sites for hydroxylation is 2. The monoisotopic (exact) mass is 444 g/mol. The Morgan fingerprint density at radius 2 is 2.17 bits per heavy atom. The Morgan fingerprint density at radius 3 is 2.87 bits per heavy atom. The van der Waals surface area contributed by atoms with Gasteiger partial charge in [-0.3, -0.25) is 0 Å². The second-order valence-electron chi connectivity index (χ2n) is 7.59. The summed E-state index contributed by atoms with van der Waals surface area (Å²) in [7, 11) is -2.99. The van der Waals surface area contributed by atoms with Crippen molar-refractivity contribution in [2.24, 2.45) is 0 Å². The molecule has 1 unspecified atom stereocenters. The number of sulfone groups is 1. The van der Waals surface area contributed by atoms with E-state index in [1.54, 1.807) is 12.3 Å². The third kappa shape index (κ3) is 4.37. The fourth-order valence-corrected chi connectivity index (χ4v) is 6.27. The molecule has 1 aliphatic rings. The average molecular weight is 445 g/mol. The first-order chi connectivity index (χ1) is 14.4. The summed E-state index contributed by atoms with van der Waals surface area (Å²) in [5, 5.41) is 9.34. The van der Waals surface area contributed by atoms with Crippen molar-refractivity contribution in [3.05, 3.63) is 59.8 Å². The molecule has 9 heteroatoms. The van der Waals surface area contributed by atoms with Gasteiger partial charge in [-0.2, -0.15) is 0 Å². The van der Waals surface area contributed by atoms with Gasteiger partial charge in [-0.15, -0.1) is 16.8 Å². The van der Waals surface area contributed by atoms with Crippen molar-refractivity contribution in [3.8, 4) is 11.5 Å². The molecule has 3 aromatic rings. The van der Waals surface area contributed by atoms with E-state index in [0.717, 1.165) is 27.8 Å². The van der Waals surface area contributed by atoms with Gasteiger partial charge in [0.25, 0.3) is 0 Å². The smallest absolute Gasteiger partial charge is 0.226 e. The van der Waals surface area contributed by atoms with Crippen LogP contribution in [-0.2, 0) is 22.1 Å². The third-order valence-electron chi connectivity index (χ3n) is 5.17. The van der Waals surface area contributed by atoms with Crippen molar-refractivity contribution in [2.45, 2.75) is 43.6 Å². The maximum Gasteiger partial charge on any atom is 0.226 e. The second kappa shape index (κ2) is 8.39. The number of rotatable bonds is 7. The van der Waals surface area contributed by atoms with Gasteiger partial charge in [0.05, 0.1) is 17.2 Å². The predicted molar refractivity (Wildman–Crippen MR) is 117 cm³/mol. The lowest BCUT2D eigenvalue weighted by molar-refractivity contribution is 0.573. The number of benzene rings is 1. The normalized spacial score (nSPS) is 18.0. The van der Waals surface area contributed by atoms with Gasteiger partial charge in [-0.25, -0.2) is 13.4 Å². The van der Waals surface area contributed by atoms with E-state index in [2.05, 4.69) is 34.8 Å². The van der Waals surface area contributed by atoms with Crippen LogP contribution in [0.2, 0.25) is 0 Å². The van der Waals surface area contributed by atoms with Gasteiger partial charge in [0.2, 0.25) is 5.89 Å². The maximum absolute atomic E-state index is 11.9. The highest BCUT2D eigenvalue weighted by atomic mass is 32.2. The van der Waals surface area contributed by atoms with Gasteiger partial charge in [0.1, 0.15) is 12.1 Å². The molecular formula is C21H24N4O3S2. The summed E-state index contributed by atoms with van der Waals surface area (Å²) >= 11 is 1.50. The van der Waals surface area contributed by atoms with Crippen LogP contribution in [0.5, 0.6) is 0 Å². The Balaban J connectivity index is 1.50. The van der Waals surface area contributed by atoms with E-state index in [4.69, 9.17) is 4.42 Å². The number of hydrogen-bond acceptors (Lipinski definition) is 7. The lowest BCUT2D eigenvalue weighted by Crippen LogP contribution is -2.11. The number of thioether (sulfide) groups is 1. The van der Waals surface area contributed by atoms with Crippen molar-refractivity contribution in [2.75, 3.05) is 11.5 Å². The molecule has 158 valence electrons. The zero-order chi connectivity index (χ0) is 21.3. The molecule has 0 saturated carbocycles. The molecule has 30 heavy (non-hydrogen) atoms. The van der Waals surface area contributed by atoms with Gasteiger partial charge >= 0.3 is 0 Å². The lowest BCUT2D eigenvalue weighted by Gasteiger charge is -2.10. The number of nitrogens with zero attached hydrogens (tertiary/aromatic N) is 4. The van der Waals surface area contributed by atoms with Gasteiger partial charge < -0.3 is 8.98 Å². The van der Waals surface area contributed by atoms with Crippen LogP contribution < -0.4 is 0 Å². The Morgan fingerprint density at radius 1 is 1.33 bits per heavy atom. The minimum atomic E-state index is -2.99. The third-order valence-corrected chi connectivity index (χ3v) is 7.94.